The number of rotatable bonds is 6. The molecule has 0 saturated carbocycles. The highest BCUT2D eigenvalue weighted by atomic mass is 32.2. The lowest BCUT2D eigenvalue weighted by atomic mass is 9.89. The Morgan fingerprint density at radius 2 is 1.72 bits per heavy atom. The Morgan fingerprint density at radius 3 is 2.31 bits per heavy atom. The number of nitrogens with one attached hydrogen (secondary N) is 1. The number of carbonyl (C=O) groups excluding carboxylic acids is 1. The van der Waals surface area contributed by atoms with Crippen LogP contribution in [-0.4, -0.2) is 43.5 Å². The highest BCUT2D eigenvalue weighted by Crippen LogP contribution is 2.46. The lowest BCUT2D eigenvalue weighted by Crippen LogP contribution is -2.47. The molecule has 1 unspecified atom stereocenters. The molecule has 1 atom stereocenters. The van der Waals surface area contributed by atoms with Gasteiger partial charge in [0.2, 0.25) is 5.36 Å². The quantitative estimate of drug-likeness (QED) is 0.0645. The molecule has 4 rings (SSSR count). The molecule has 0 bridgehead atoms. The van der Waals surface area contributed by atoms with Gasteiger partial charge in [-0.2, -0.15) is 0 Å². The summed E-state index contributed by atoms with van der Waals surface area (Å²) in [7, 11) is -10.7. The number of fused-ring (bicyclic) bond motifs is 2. The maximum atomic E-state index is 12.4. The summed E-state index contributed by atoms with van der Waals surface area (Å²) in [5.74, 6) is 0.791. The molecule has 0 fully saturated rings. The van der Waals surface area contributed by atoms with E-state index < -0.39 is 70.2 Å². The van der Waals surface area contributed by atoms with Crippen LogP contribution in [0.3, 0.4) is 0 Å². The van der Waals surface area contributed by atoms with Crippen molar-refractivity contribution in [2.75, 3.05) is 12.3 Å². The van der Waals surface area contributed by atoms with Gasteiger partial charge in [-0.25, -0.2) is 16.8 Å². The first kappa shape index (κ1) is 27.7. The van der Waals surface area contributed by atoms with E-state index >= 15 is 0 Å². The van der Waals surface area contributed by atoms with Crippen molar-refractivity contribution < 1.29 is 50.8 Å². The predicted molar refractivity (Wildman–Crippen MR) is 130 cm³/mol. The molecule has 0 aromatic heterocycles. The Labute approximate surface area is 220 Å². The molecule has 2 aliphatic rings. The van der Waals surface area contributed by atoms with Crippen LogP contribution < -0.4 is 26.9 Å². The second-order valence-electron chi connectivity index (χ2n) is 8.15. The van der Waals surface area contributed by atoms with Crippen LogP contribution in [0.5, 0.6) is 0 Å². The first-order chi connectivity index (χ1) is 18.2. The number of hydrogen-bond acceptors (Lipinski definition) is 11. The van der Waals surface area contributed by atoms with Crippen molar-refractivity contribution >= 4 is 42.8 Å². The lowest BCUT2D eigenvalue weighted by Gasteiger charge is -2.25. The molecule has 39 heavy (non-hydrogen) atoms. The molecule has 15 heteroatoms. The zero-order valence-electron chi connectivity index (χ0n) is 19.5. The number of hydrogen-bond donors (Lipinski definition) is 4. The van der Waals surface area contributed by atoms with Crippen LogP contribution in [0.1, 0.15) is 22.2 Å². The first-order valence-electron chi connectivity index (χ1n) is 10.7. The molecule has 0 radical (unpaired) electrons. The van der Waals surface area contributed by atoms with Gasteiger partial charge >= 0.3 is 0 Å². The van der Waals surface area contributed by atoms with Crippen molar-refractivity contribution in [3.63, 3.8) is 0 Å². The molecule has 2 aromatic carbocycles. The van der Waals surface area contributed by atoms with E-state index in [1.807, 2.05) is 0 Å². The minimum Gasteiger partial charge on any atom is -0.828 e. The third-order valence-electron chi connectivity index (χ3n) is 5.73. The summed E-state index contributed by atoms with van der Waals surface area (Å²) in [6.45, 7) is -0.132. The summed E-state index contributed by atoms with van der Waals surface area (Å²) in [5, 5.41) is 29.9. The fourth-order valence-electron chi connectivity index (χ4n) is 4.17. The summed E-state index contributed by atoms with van der Waals surface area (Å²) in [5.41, 5.74) is 3.59. The van der Waals surface area contributed by atoms with E-state index in [0.29, 0.717) is 0 Å². The van der Waals surface area contributed by atoms with Crippen molar-refractivity contribution in [2.45, 2.75) is 16.1 Å². The minimum atomic E-state index is -5.35. The smallest absolute Gasteiger partial charge is 0.252 e. The van der Waals surface area contributed by atoms with Crippen LogP contribution in [0.15, 0.2) is 56.7 Å². The van der Waals surface area contributed by atoms with E-state index in [2.05, 4.69) is 11.2 Å². The van der Waals surface area contributed by atoms with E-state index in [1.54, 1.807) is 0 Å². The van der Waals surface area contributed by atoms with Gasteiger partial charge in [0.1, 0.15) is 25.1 Å². The third kappa shape index (κ3) is 4.95. The highest BCUT2D eigenvalue weighted by molar-refractivity contribution is 7.86. The standard InChI is InChI=1S/C24H18N3O10S2/c1-2-9-27-23(28)11-3-4-12(15(10-11)24(29)30)18-13-5-7-16(25)21(38(31,32)33)19(13)37-20-14(18)6-8-17(26)22(20)39(34,35)36/h1,3-8,10,24-25,29H,9,26H2,(H,27,28)(H,31,32,33)(H,34,35,36)/q-1/p-1. The third-order valence-corrected chi connectivity index (χ3v) is 7.57. The molecule has 13 nitrogen and oxygen atoms in total. The van der Waals surface area contributed by atoms with Crippen LogP contribution >= 0.6 is 0 Å². The summed E-state index contributed by atoms with van der Waals surface area (Å²) in [4.78, 5) is 10.3. The number of aliphatic hydroxyl groups is 1. The van der Waals surface area contributed by atoms with Crippen molar-refractivity contribution in [1.29, 1.82) is 0 Å². The maximum absolute atomic E-state index is 12.4. The van der Waals surface area contributed by atoms with Gasteiger partial charge in [0.25, 0.3) is 5.91 Å². The summed E-state index contributed by atoms with van der Waals surface area (Å²) >= 11 is 0. The van der Waals surface area contributed by atoms with Gasteiger partial charge in [-0.3, -0.25) is 10.2 Å². The molecule has 0 spiro atoms. The number of nitrogen functional groups attached to an aromatic ring is 1. The number of carbonyl (C=O) groups is 1. The molecular weight excluding hydrogens is 554 g/mol. The van der Waals surface area contributed by atoms with Gasteiger partial charge in [-0.15, -0.1) is 6.42 Å². The predicted octanol–water partition coefficient (Wildman–Crippen LogP) is -2.03. The normalized spacial score (nSPS) is 12.8. The SMILES string of the molecule is C#CCNC(=O)c1ccc(-c2c3ccc(=[NH2+])c(S(=O)(=O)[O-])c-3oc3c(S(=O)(=O)[O-])c(N)ccc23)c(C([O-])O)c1. The van der Waals surface area contributed by atoms with Crippen LogP contribution in [0.2, 0.25) is 0 Å². The number of terminal acetylenes is 1. The summed E-state index contributed by atoms with van der Waals surface area (Å²) in [6, 6.07) is 8.11. The van der Waals surface area contributed by atoms with Crippen LogP contribution in [0, 0.1) is 12.3 Å². The molecule has 202 valence electrons. The van der Waals surface area contributed by atoms with E-state index in [-0.39, 0.29) is 34.2 Å². The number of anilines is 1. The van der Waals surface area contributed by atoms with Crippen LogP contribution in [0.25, 0.3) is 33.4 Å². The zero-order valence-corrected chi connectivity index (χ0v) is 21.1. The van der Waals surface area contributed by atoms with Crippen LogP contribution in [0.4, 0.5) is 5.69 Å². The van der Waals surface area contributed by atoms with Gasteiger partial charge < -0.3 is 34.8 Å². The lowest BCUT2D eigenvalue weighted by molar-refractivity contribution is -0.490. The fraction of sp³-hybridized carbons (Fsp3) is 0.0833. The fourth-order valence-corrected chi connectivity index (χ4v) is 5.65. The zero-order chi connectivity index (χ0) is 28.9. The molecule has 1 aliphatic heterocycles. The Balaban J connectivity index is 2.25. The van der Waals surface area contributed by atoms with Crippen molar-refractivity contribution in [3.05, 3.63) is 58.9 Å². The monoisotopic (exact) mass is 571 g/mol. The maximum Gasteiger partial charge on any atom is 0.252 e. The van der Waals surface area contributed by atoms with Crippen molar-refractivity contribution in [1.82, 2.24) is 5.32 Å². The average molecular weight is 572 g/mol. The largest absolute Gasteiger partial charge is 0.828 e. The molecule has 1 heterocycles. The van der Waals surface area contributed by atoms with Gasteiger partial charge in [0.05, 0.1) is 12.2 Å². The van der Waals surface area contributed by atoms with E-state index in [1.165, 1.54) is 24.3 Å². The summed E-state index contributed by atoms with van der Waals surface area (Å²) in [6.07, 6.45) is 2.67. The Bertz CT molecular complexity index is 1960. The Morgan fingerprint density at radius 1 is 1.08 bits per heavy atom. The van der Waals surface area contributed by atoms with Crippen LogP contribution in [-0.2, 0) is 20.2 Å². The second-order valence-corrected chi connectivity index (χ2v) is 10.8. The molecule has 6 N–H and O–H groups in total. The number of nitrogens with two attached hydrogens (primary N) is 2. The van der Waals surface area contributed by atoms with E-state index in [9.17, 15) is 40.9 Å². The van der Waals surface area contributed by atoms with E-state index in [4.69, 9.17) is 22.0 Å². The molecular formula is C24H17N3O10S2-2. The first-order valence-corrected chi connectivity index (χ1v) is 13.5. The van der Waals surface area contributed by atoms with Crippen molar-refractivity contribution in [3.8, 4) is 34.8 Å². The number of benzene rings is 3. The van der Waals surface area contributed by atoms with Crippen molar-refractivity contribution in [2.24, 2.45) is 0 Å². The molecule has 0 saturated heterocycles. The highest BCUT2D eigenvalue weighted by Gasteiger charge is 2.29. The minimum absolute atomic E-state index is 0.0766. The van der Waals surface area contributed by atoms with Gasteiger partial charge in [-0.1, -0.05) is 12.0 Å². The van der Waals surface area contributed by atoms with Gasteiger partial charge in [0.15, 0.2) is 16.2 Å². The van der Waals surface area contributed by atoms with Gasteiger partial charge in [-0.05, 0) is 41.5 Å². The molecule has 1 amide bonds. The topological polar surface area (TPSA) is 252 Å². The molecule has 2 aromatic rings. The molecule has 1 aliphatic carbocycles. The van der Waals surface area contributed by atoms with Gasteiger partial charge in [0, 0.05) is 34.4 Å². The Kier molecular flexibility index (Phi) is 6.95. The summed E-state index contributed by atoms with van der Waals surface area (Å²) < 4.78 is 78.3. The van der Waals surface area contributed by atoms with E-state index in [0.717, 1.165) is 18.2 Å². The average Bonchev–Trinajstić information content (AvgIpc) is 2.83. The Hall–Kier alpha value is -4.30. The second kappa shape index (κ2) is 9.78. The number of aliphatic hydroxyl groups excluding tert-OH is 1. The number of amides is 1.